The van der Waals surface area contributed by atoms with Crippen LogP contribution < -0.4 is 5.32 Å². The number of amides is 1. The maximum atomic E-state index is 12.3. The van der Waals surface area contributed by atoms with Gasteiger partial charge in [-0.3, -0.25) is 4.79 Å². The zero-order chi connectivity index (χ0) is 21.2. The predicted octanol–water partition coefficient (Wildman–Crippen LogP) is 8.72. The molecule has 0 aliphatic heterocycles. The molecule has 1 aromatic carbocycles. The molecule has 0 heterocycles. The molecule has 30 heavy (non-hydrogen) atoms. The SMILES string of the molecule is CCCCCCCCCCCCCCCCCC(=O)NC(C)(C)c1ccccc1.Cl. The van der Waals surface area contributed by atoms with Gasteiger partial charge in [-0.15, -0.1) is 12.4 Å². The van der Waals surface area contributed by atoms with Crippen LogP contribution >= 0.6 is 12.4 Å². The number of nitrogens with one attached hydrogen (secondary N) is 1. The van der Waals surface area contributed by atoms with Crippen LogP contribution in [0.25, 0.3) is 0 Å². The van der Waals surface area contributed by atoms with Crippen molar-refractivity contribution < 1.29 is 4.79 Å². The molecular weight excluding hydrogens is 390 g/mol. The first-order valence-corrected chi connectivity index (χ1v) is 12.4. The minimum absolute atomic E-state index is 0. The largest absolute Gasteiger partial charge is 0.347 e. The molecule has 3 heteroatoms. The highest BCUT2D eigenvalue weighted by molar-refractivity contribution is 5.85. The van der Waals surface area contributed by atoms with E-state index in [0.717, 1.165) is 12.0 Å². The molecule has 0 saturated carbocycles. The summed E-state index contributed by atoms with van der Waals surface area (Å²) >= 11 is 0. The maximum absolute atomic E-state index is 12.3. The lowest BCUT2D eigenvalue weighted by atomic mass is 9.94. The third kappa shape index (κ3) is 14.9. The molecule has 0 bridgehead atoms. The Hall–Kier alpha value is -1.02. The highest BCUT2D eigenvalue weighted by atomic mass is 35.5. The van der Waals surface area contributed by atoms with Crippen LogP contribution in [-0.2, 0) is 10.3 Å². The van der Waals surface area contributed by atoms with Crippen LogP contribution in [0, 0.1) is 0 Å². The van der Waals surface area contributed by atoms with Gasteiger partial charge >= 0.3 is 0 Å². The Morgan fingerprint density at radius 2 is 1.10 bits per heavy atom. The number of halogens is 1. The van der Waals surface area contributed by atoms with E-state index in [1.807, 2.05) is 18.2 Å². The van der Waals surface area contributed by atoms with Crippen molar-refractivity contribution in [3.8, 4) is 0 Å². The molecule has 1 N–H and O–H groups in total. The standard InChI is InChI=1S/C27H47NO.ClH/c1-4-5-6-7-8-9-10-11-12-13-14-15-16-17-21-24-26(29)28-27(2,3)25-22-19-18-20-23-25;/h18-20,22-23H,4-17,21,24H2,1-3H3,(H,28,29);1H. The number of unbranched alkanes of at least 4 members (excludes halogenated alkanes) is 14. The van der Waals surface area contributed by atoms with Gasteiger partial charge in [0, 0.05) is 6.42 Å². The van der Waals surface area contributed by atoms with Crippen LogP contribution in [0.2, 0.25) is 0 Å². The van der Waals surface area contributed by atoms with Crippen LogP contribution in [0.5, 0.6) is 0 Å². The van der Waals surface area contributed by atoms with Crippen LogP contribution in [0.3, 0.4) is 0 Å². The molecule has 0 radical (unpaired) electrons. The molecule has 1 amide bonds. The van der Waals surface area contributed by atoms with E-state index in [2.05, 4.69) is 38.2 Å². The molecule has 0 unspecified atom stereocenters. The van der Waals surface area contributed by atoms with E-state index in [9.17, 15) is 4.79 Å². The molecule has 1 aromatic rings. The van der Waals surface area contributed by atoms with E-state index >= 15 is 0 Å². The minimum atomic E-state index is -0.298. The van der Waals surface area contributed by atoms with Crippen LogP contribution in [0.15, 0.2) is 30.3 Å². The van der Waals surface area contributed by atoms with Gasteiger partial charge < -0.3 is 5.32 Å². The first-order chi connectivity index (χ1) is 14.1. The van der Waals surface area contributed by atoms with Crippen LogP contribution in [-0.4, -0.2) is 5.91 Å². The van der Waals surface area contributed by atoms with Crippen LogP contribution in [0.4, 0.5) is 0 Å². The van der Waals surface area contributed by atoms with Crippen molar-refractivity contribution in [3.63, 3.8) is 0 Å². The van der Waals surface area contributed by atoms with Crippen molar-refractivity contribution in [2.45, 2.75) is 129 Å². The van der Waals surface area contributed by atoms with E-state index in [4.69, 9.17) is 0 Å². The summed E-state index contributed by atoms with van der Waals surface area (Å²) in [6, 6.07) is 10.2. The number of hydrogen-bond acceptors (Lipinski definition) is 1. The summed E-state index contributed by atoms with van der Waals surface area (Å²) in [7, 11) is 0. The first kappa shape index (κ1) is 29.0. The Labute approximate surface area is 193 Å². The summed E-state index contributed by atoms with van der Waals surface area (Å²) in [6.45, 7) is 6.43. The summed E-state index contributed by atoms with van der Waals surface area (Å²) < 4.78 is 0. The van der Waals surface area contributed by atoms with E-state index in [-0.39, 0.29) is 23.9 Å². The van der Waals surface area contributed by atoms with Gasteiger partial charge in [-0.2, -0.15) is 0 Å². The number of benzene rings is 1. The number of carbonyl (C=O) groups excluding carboxylic acids is 1. The van der Waals surface area contributed by atoms with Gasteiger partial charge in [0.05, 0.1) is 5.54 Å². The highest BCUT2D eigenvalue weighted by Gasteiger charge is 2.21. The van der Waals surface area contributed by atoms with Crippen LogP contribution in [0.1, 0.15) is 129 Å². The lowest BCUT2D eigenvalue weighted by Gasteiger charge is -2.27. The summed E-state index contributed by atoms with van der Waals surface area (Å²) in [5.74, 6) is 0.175. The first-order valence-electron chi connectivity index (χ1n) is 12.4. The van der Waals surface area contributed by atoms with Crippen molar-refractivity contribution in [3.05, 3.63) is 35.9 Å². The second-order valence-electron chi connectivity index (χ2n) is 9.24. The molecule has 174 valence electrons. The van der Waals surface area contributed by atoms with Gasteiger partial charge in [0.25, 0.3) is 0 Å². The van der Waals surface area contributed by atoms with E-state index in [1.165, 1.54) is 89.9 Å². The van der Waals surface area contributed by atoms with Crippen molar-refractivity contribution in [2.75, 3.05) is 0 Å². The maximum Gasteiger partial charge on any atom is 0.220 e. The van der Waals surface area contributed by atoms with E-state index in [1.54, 1.807) is 0 Å². The summed E-state index contributed by atoms with van der Waals surface area (Å²) in [6.07, 6.45) is 21.0. The van der Waals surface area contributed by atoms with E-state index < -0.39 is 0 Å². The van der Waals surface area contributed by atoms with Crippen molar-refractivity contribution in [2.24, 2.45) is 0 Å². The number of hydrogen-bond donors (Lipinski definition) is 1. The summed E-state index contributed by atoms with van der Waals surface area (Å²) in [5.41, 5.74) is 0.859. The normalized spacial score (nSPS) is 11.2. The van der Waals surface area contributed by atoms with Gasteiger partial charge in [0.1, 0.15) is 0 Å². The van der Waals surface area contributed by atoms with Crippen molar-refractivity contribution in [1.82, 2.24) is 5.32 Å². The smallest absolute Gasteiger partial charge is 0.220 e. The Bertz CT molecular complexity index is 515. The van der Waals surface area contributed by atoms with Crippen molar-refractivity contribution in [1.29, 1.82) is 0 Å². The number of carbonyl (C=O) groups is 1. The molecule has 0 fully saturated rings. The Morgan fingerprint density at radius 1 is 0.700 bits per heavy atom. The molecule has 0 saturated heterocycles. The molecule has 0 atom stereocenters. The van der Waals surface area contributed by atoms with Gasteiger partial charge in [-0.1, -0.05) is 127 Å². The minimum Gasteiger partial charge on any atom is -0.347 e. The number of rotatable bonds is 18. The second kappa shape index (κ2) is 18.7. The Morgan fingerprint density at radius 3 is 1.53 bits per heavy atom. The lowest BCUT2D eigenvalue weighted by molar-refractivity contribution is -0.122. The van der Waals surface area contributed by atoms with Crippen molar-refractivity contribution >= 4 is 18.3 Å². The molecule has 0 spiro atoms. The third-order valence-electron chi connectivity index (χ3n) is 5.95. The molecular formula is C27H48ClNO. The monoisotopic (exact) mass is 437 g/mol. The molecule has 0 aliphatic rings. The highest BCUT2D eigenvalue weighted by Crippen LogP contribution is 2.20. The third-order valence-corrected chi connectivity index (χ3v) is 5.95. The van der Waals surface area contributed by atoms with E-state index in [0.29, 0.717) is 6.42 Å². The Balaban J connectivity index is 0.00000841. The Kier molecular flexibility index (Phi) is 18.1. The lowest BCUT2D eigenvalue weighted by Crippen LogP contribution is -2.40. The van der Waals surface area contributed by atoms with Gasteiger partial charge in [-0.25, -0.2) is 0 Å². The quantitative estimate of drug-likeness (QED) is 0.228. The predicted molar refractivity (Wildman–Crippen MR) is 134 cm³/mol. The van der Waals surface area contributed by atoms with Gasteiger partial charge in [0.2, 0.25) is 5.91 Å². The fourth-order valence-corrected chi connectivity index (χ4v) is 3.99. The van der Waals surface area contributed by atoms with Gasteiger partial charge in [0.15, 0.2) is 0 Å². The zero-order valence-corrected chi connectivity index (χ0v) is 20.8. The molecule has 1 rings (SSSR count). The molecule has 0 aromatic heterocycles. The fraction of sp³-hybridized carbons (Fsp3) is 0.741. The second-order valence-corrected chi connectivity index (χ2v) is 9.24. The zero-order valence-electron chi connectivity index (χ0n) is 20.0. The molecule has 2 nitrogen and oxygen atoms in total. The topological polar surface area (TPSA) is 29.1 Å². The average molecular weight is 438 g/mol. The fourth-order valence-electron chi connectivity index (χ4n) is 3.99. The van der Waals surface area contributed by atoms with Gasteiger partial charge in [-0.05, 0) is 25.8 Å². The summed E-state index contributed by atoms with van der Waals surface area (Å²) in [4.78, 5) is 12.3. The molecule has 0 aliphatic carbocycles. The summed E-state index contributed by atoms with van der Waals surface area (Å²) in [5, 5.41) is 3.18. The average Bonchev–Trinajstić information content (AvgIpc) is 2.71.